The Morgan fingerprint density at radius 2 is 1.88 bits per heavy atom. The predicted molar refractivity (Wildman–Crippen MR) is 112 cm³/mol. The van der Waals surface area contributed by atoms with Crippen LogP contribution in [0.1, 0.15) is 34.8 Å². The summed E-state index contributed by atoms with van der Waals surface area (Å²) in [6.07, 6.45) is 6.40. The molecular formula is C18H19Cl2N7O5. The maximum Gasteiger partial charge on any atom is 0.290 e. The van der Waals surface area contributed by atoms with E-state index in [1.165, 1.54) is 18.6 Å². The van der Waals surface area contributed by atoms with Gasteiger partial charge in [-0.05, 0) is 13.0 Å². The van der Waals surface area contributed by atoms with Crippen LogP contribution in [0.5, 0.6) is 0 Å². The lowest BCUT2D eigenvalue weighted by Gasteiger charge is -2.34. The highest BCUT2D eigenvalue weighted by molar-refractivity contribution is 6.36. The number of hydrogen-bond acceptors (Lipinski definition) is 7. The lowest BCUT2D eigenvalue weighted by molar-refractivity contribution is -0.123. The van der Waals surface area contributed by atoms with E-state index in [1.807, 2.05) is 13.1 Å². The molecule has 32 heavy (non-hydrogen) atoms. The number of fused-ring (bicyclic) bond motifs is 1. The lowest BCUT2D eigenvalue weighted by Crippen LogP contribution is -2.41. The fourth-order valence-electron chi connectivity index (χ4n) is 3.16. The Balaban J connectivity index is 0.000000547. The van der Waals surface area contributed by atoms with E-state index < -0.39 is 0 Å². The Morgan fingerprint density at radius 1 is 1.19 bits per heavy atom. The first-order valence-corrected chi connectivity index (χ1v) is 9.77. The third kappa shape index (κ3) is 5.80. The van der Waals surface area contributed by atoms with Crippen LogP contribution in [0.25, 0.3) is 0 Å². The number of carbonyl (C=O) groups is 3. The van der Waals surface area contributed by atoms with Gasteiger partial charge in [0.05, 0.1) is 35.1 Å². The standard InChI is InChI=1S/C16H15Cl2N7O.2CH2O2/c1-10-15-21-5-11(7-23-9-19-8-22-23)25(15)3-2-24(10)16(26)12-6-20-14(18)4-13(12)17;2*2-1-3/h4-6,8-10H,2-3,7H2,1H3;2*1H,(H,2,3). The smallest absolute Gasteiger partial charge is 0.290 e. The molecule has 0 aromatic carbocycles. The molecule has 0 spiro atoms. The van der Waals surface area contributed by atoms with Crippen molar-refractivity contribution in [2.75, 3.05) is 6.54 Å². The highest BCUT2D eigenvalue weighted by atomic mass is 35.5. The topological polar surface area (TPSA) is 156 Å². The van der Waals surface area contributed by atoms with Crippen molar-refractivity contribution < 1.29 is 24.6 Å². The summed E-state index contributed by atoms with van der Waals surface area (Å²) in [5.41, 5.74) is 1.36. The second-order valence-corrected chi connectivity index (χ2v) is 7.02. The molecule has 14 heteroatoms. The van der Waals surface area contributed by atoms with Crippen molar-refractivity contribution >= 4 is 42.1 Å². The molecule has 0 saturated carbocycles. The summed E-state index contributed by atoms with van der Waals surface area (Å²) in [5.74, 6) is 0.650. The third-order valence-electron chi connectivity index (χ3n) is 4.48. The molecule has 4 heterocycles. The van der Waals surface area contributed by atoms with Crippen molar-refractivity contribution in [1.29, 1.82) is 0 Å². The summed E-state index contributed by atoms with van der Waals surface area (Å²) < 4.78 is 3.86. The van der Waals surface area contributed by atoms with Crippen LogP contribution in [0.4, 0.5) is 0 Å². The molecule has 4 rings (SSSR count). The van der Waals surface area contributed by atoms with Crippen molar-refractivity contribution in [2.45, 2.75) is 26.1 Å². The monoisotopic (exact) mass is 483 g/mol. The van der Waals surface area contributed by atoms with Gasteiger partial charge in [-0.2, -0.15) is 5.10 Å². The van der Waals surface area contributed by atoms with Crippen LogP contribution in [-0.4, -0.2) is 69.8 Å². The highest BCUT2D eigenvalue weighted by Crippen LogP contribution is 2.29. The molecule has 12 nitrogen and oxygen atoms in total. The average molecular weight is 484 g/mol. The molecule has 1 aliphatic rings. The molecule has 0 radical (unpaired) electrons. The number of halogens is 2. The van der Waals surface area contributed by atoms with Gasteiger partial charge in [0.15, 0.2) is 0 Å². The zero-order valence-electron chi connectivity index (χ0n) is 16.7. The quantitative estimate of drug-likeness (QED) is 0.418. The Hall–Kier alpha value is -3.51. The van der Waals surface area contributed by atoms with Gasteiger partial charge in [0.25, 0.3) is 18.9 Å². The zero-order chi connectivity index (χ0) is 23.7. The Labute approximate surface area is 192 Å². The minimum atomic E-state index is -0.250. The van der Waals surface area contributed by atoms with Gasteiger partial charge in [0.1, 0.15) is 23.6 Å². The maximum absolute atomic E-state index is 12.9. The van der Waals surface area contributed by atoms with Gasteiger partial charge in [-0.15, -0.1) is 0 Å². The average Bonchev–Trinajstić information content (AvgIpc) is 3.40. The highest BCUT2D eigenvalue weighted by Gasteiger charge is 2.31. The summed E-state index contributed by atoms with van der Waals surface area (Å²) in [5, 5.41) is 18.5. The van der Waals surface area contributed by atoms with E-state index in [1.54, 1.807) is 15.9 Å². The number of nitrogens with zero attached hydrogens (tertiary/aromatic N) is 7. The zero-order valence-corrected chi connectivity index (χ0v) is 18.3. The summed E-state index contributed by atoms with van der Waals surface area (Å²) in [7, 11) is 0. The van der Waals surface area contributed by atoms with Crippen molar-refractivity contribution in [3.05, 3.63) is 58.4 Å². The summed E-state index contributed by atoms with van der Waals surface area (Å²) >= 11 is 12.0. The van der Waals surface area contributed by atoms with Gasteiger partial charge in [-0.1, -0.05) is 23.2 Å². The minimum absolute atomic E-state index is 0.182. The second-order valence-electron chi connectivity index (χ2n) is 6.22. The molecular weight excluding hydrogens is 465 g/mol. The summed E-state index contributed by atoms with van der Waals surface area (Å²) in [6.45, 7) is 3.23. The van der Waals surface area contributed by atoms with Gasteiger partial charge in [-0.3, -0.25) is 14.4 Å². The molecule has 1 unspecified atom stereocenters. The van der Waals surface area contributed by atoms with Crippen LogP contribution in [-0.2, 0) is 22.7 Å². The Morgan fingerprint density at radius 3 is 2.47 bits per heavy atom. The van der Waals surface area contributed by atoms with Crippen molar-refractivity contribution in [2.24, 2.45) is 0 Å². The van der Waals surface area contributed by atoms with Crippen LogP contribution < -0.4 is 0 Å². The summed E-state index contributed by atoms with van der Waals surface area (Å²) in [6, 6.07) is 1.29. The van der Waals surface area contributed by atoms with E-state index in [0.717, 1.165) is 11.5 Å². The van der Waals surface area contributed by atoms with Crippen LogP contribution in [0.2, 0.25) is 10.2 Å². The molecule has 0 aliphatic carbocycles. The SMILES string of the molecule is CC1c2ncc(Cn3cncn3)n2CCN1C(=O)c1cnc(Cl)cc1Cl.O=CO.O=CO. The largest absolute Gasteiger partial charge is 0.483 e. The first kappa shape index (κ1) is 24.8. The van der Waals surface area contributed by atoms with Crippen LogP contribution >= 0.6 is 23.2 Å². The molecule has 1 atom stereocenters. The van der Waals surface area contributed by atoms with E-state index >= 15 is 0 Å². The molecule has 0 saturated heterocycles. The number of imidazole rings is 1. The van der Waals surface area contributed by atoms with E-state index in [-0.39, 0.29) is 30.0 Å². The van der Waals surface area contributed by atoms with Gasteiger partial charge >= 0.3 is 0 Å². The first-order chi connectivity index (χ1) is 15.4. The number of aromatic nitrogens is 6. The Bertz CT molecular complexity index is 1050. The fourth-order valence-corrected chi connectivity index (χ4v) is 3.61. The molecule has 170 valence electrons. The molecule has 0 bridgehead atoms. The molecule has 3 aromatic heterocycles. The van der Waals surface area contributed by atoms with Gasteiger partial charge < -0.3 is 19.7 Å². The number of carboxylic acid groups (broad SMARTS) is 2. The first-order valence-electron chi connectivity index (χ1n) is 9.02. The van der Waals surface area contributed by atoms with Gasteiger partial charge in [-0.25, -0.2) is 19.6 Å². The van der Waals surface area contributed by atoms with E-state index in [4.69, 9.17) is 43.0 Å². The number of carbonyl (C=O) groups excluding carboxylic acids is 1. The van der Waals surface area contributed by atoms with E-state index in [9.17, 15) is 4.79 Å². The van der Waals surface area contributed by atoms with E-state index in [0.29, 0.717) is 30.2 Å². The normalized spacial score (nSPS) is 14.2. The third-order valence-corrected chi connectivity index (χ3v) is 5.00. The number of rotatable bonds is 3. The van der Waals surface area contributed by atoms with Crippen LogP contribution in [0.3, 0.4) is 0 Å². The molecule has 3 aromatic rings. The molecule has 0 fully saturated rings. The van der Waals surface area contributed by atoms with Gasteiger partial charge in [0, 0.05) is 19.3 Å². The molecule has 1 aliphatic heterocycles. The van der Waals surface area contributed by atoms with Crippen molar-refractivity contribution in [3.8, 4) is 0 Å². The molecule has 2 N–H and O–H groups in total. The van der Waals surface area contributed by atoms with Crippen LogP contribution in [0, 0.1) is 0 Å². The fraction of sp³-hybridized carbons (Fsp3) is 0.278. The predicted octanol–water partition coefficient (Wildman–Crippen LogP) is 1.84. The molecule has 1 amide bonds. The summed E-state index contributed by atoms with van der Waals surface area (Å²) in [4.78, 5) is 43.8. The second kappa shape index (κ2) is 11.8. The van der Waals surface area contributed by atoms with Crippen LogP contribution in [0.15, 0.2) is 31.1 Å². The number of hydrogen-bond donors (Lipinski definition) is 2. The van der Waals surface area contributed by atoms with E-state index in [2.05, 4.69) is 24.6 Å². The minimum Gasteiger partial charge on any atom is -0.483 e. The lowest BCUT2D eigenvalue weighted by atomic mass is 10.1. The van der Waals surface area contributed by atoms with Gasteiger partial charge in [0.2, 0.25) is 0 Å². The number of pyridine rings is 1. The van der Waals surface area contributed by atoms with Crippen molar-refractivity contribution in [3.63, 3.8) is 0 Å². The maximum atomic E-state index is 12.9. The number of amides is 1. The Kier molecular flexibility index (Phi) is 9.10. The van der Waals surface area contributed by atoms with Crippen molar-refractivity contribution in [1.82, 2.24) is 34.2 Å².